The molecule has 2 aromatic heterocycles. The van der Waals surface area contributed by atoms with Gasteiger partial charge in [0, 0.05) is 26.0 Å². The van der Waals surface area contributed by atoms with E-state index in [1.165, 1.54) is 7.11 Å². The molecule has 0 aliphatic heterocycles. The van der Waals surface area contributed by atoms with Crippen molar-refractivity contribution >= 4 is 5.97 Å². The van der Waals surface area contributed by atoms with Crippen molar-refractivity contribution in [3.8, 4) is 0 Å². The fourth-order valence-corrected chi connectivity index (χ4v) is 1.83. The van der Waals surface area contributed by atoms with Crippen molar-refractivity contribution in [3.05, 3.63) is 41.5 Å². The van der Waals surface area contributed by atoms with Gasteiger partial charge in [-0.1, -0.05) is 5.21 Å². The summed E-state index contributed by atoms with van der Waals surface area (Å²) in [6, 6.07) is 3.88. The second-order valence-corrected chi connectivity index (χ2v) is 4.14. The average molecular weight is 276 g/mol. The van der Waals surface area contributed by atoms with Crippen molar-refractivity contribution in [1.82, 2.24) is 20.0 Å². The van der Waals surface area contributed by atoms with E-state index in [1.807, 2.05) is 12.1 Å². The van der Waals surface area contributed by atoms with Gasteiger partial charge in [-0.25, -0.2) is 9.48 Å². The maximum Gasteiger partial charge on any atom is 0.360 e. The van der Waals surface area contributed by atoms with Crippen LogP contribution in [0.25, 0.3) is 0 Å². The van der Waals surface area contributed by atoms with E-state index >= 15 is 0 Å². The Labute approximate surface area is 116 Å². The zero-order valence-electron chi connectivity index (χ0n) is 11.4. The van der Waals surface area contributed by atoms with Crippen molar-refractivity contribution in [1.29, 1.82) is 0 Å². The van der Waals surface area contributed by atoms with Crippen molar-refractivity contribution < 1.29 is 14.3 Å². The fraction of sp³-hybridized carbons (Fsp3) is 0.385. The molecule has 0 amide bonds. The molecule has 0 unspecified atom stereocenters. The maximum atomic E-state index is 11.6. The van der Waals surface area contributed by atoms with Crippen LogP contribution >= 0.6 is 0 Å². The Hall–Kier alpha value is -2.28. The largest absolute Gasteiger partial charge is 0.464 e. The Morgan fingerprint density at radius 1 is 1.30 bits per heavy atom. The maximum absolute atomic E-state index is 11.6. The predicted octanol–water partition coefficient (Wildman–Crippen LogP) is 0.849. The lowest BCUT2D eigenvalue weighted by atomic mass is 10.2. The summed E-state index contributed by atoms with van der Waals surface area (Å²) in [4.78, 5) is 15.6. The van der Waals surface area contributed by atoms with E-state index in [1.54, 1.807) is 24.2 Å². The molecule has 0 radical (unpaired) electrons. The van der Waals surface area contributed by atoms with Gasteiger partial charge in [0.05, 0.1) is 19.4 Å². The van der Waals surface area contributed by atoms with E-state index in [4.69, 9.17) is 4.74 Å². The number of rotatable bonds is 6. The first-order valence-electron chi connectivity index (χ1n) is 6.14. The Balaban J connectivity index is 2.15. The van der Waals surface area contributed by atoms with E-state index in [-0.39, 0.29) is 12.3 Å². The van der Waals surface area contributed by atoms with Crippen LogP contribution in [0.1, 0.15) is 21.7 Å². The van der Waals surface area contributed by atoms with Crippen molar-refractivity contribution in [2.45, 2.75) is 19.6 Å². The number of methoxy groups -OCH3 is 2. The number of carbonyl (C=O) groups is 1. The molecule has 2 heterocycles. The third kappa shape index (κ3) is 3.18. The molecule has 0 bridgehead atoms. The third-order valence-corrected chi connectivity index (χ3v) is 2.86. The summed E-state index contributed by atoms with van der Waals surface area (Å²) in [7, 11) is 2.87. The number of hydrogen-bond donors (Lipinski definition) is 0. The van der Waals surface area contributed by atoms with Crippen molar-refractivity contribution in [2.75, 3.05) is 14.2 Å². The molecule has 7 nitrogen and oxygen atoms in total. The number of aryl methyl sites for hydroxylation is 2. The van der Waals surface area contributed by atoms with Crippen LogP contribution in [0.4, 0.5) is 0 Å². The summed E-state index contributed by atoms with van der Waals surface area (Å²) in [5, 5.41) is 7.85. The predicted molar refractivity (Wildman–Crippen MR) is 70.0 cm³/mol. The van der Waals surface area contributed by atoms with Gasteiger partial charge in [0.1, 0.15) is 0 Å². The van der Waals surface area contributed by atoms with Gasteiger partial charge in [0.15, 0.2) is 5.69 Å². The normalized spacial score (nSPS) is 10.5. The van der Waals surface area contributed by atoms with Crippen LogP contribution in [0.5, 0.6) is 0 Å². The number of aromatic nitrogens is 4. The summed E-state index contributed by atoms with van der Waals surface area (Å²) in [5.41, 5.74) is 1.95. The summed E-state index contributed by atoms with van der Waals surface area (Å²) in [6.45, 7) is 0.862. The number of hydrogen-bond acceptors (Lipinski definition) is 6. The molecule has 0 atom stereocenters. The van der Waals surface area contributed by atoms with Crippen molar-refractivity contribution in [2.24, 2.45) is 0 Å². The first-order chi connectivity index (χ1) is 9.76. The van der Waals surface area contributed by atoms with Crippen LogP contribution in [0, 0.1) is 0 Å². The van der Waals surface area contributed by atoms with Crippen LogP contribution in [-0.4, -0.2) is 40.2 Å². The van der Waals surface area contributed by atoms with Gasteiger partial charge in [-0.05, 0) is 24.1 Å². The smallest absolute Gasteiger partial charge is 0.360 e. The fourth-order valence-electron chi connectivity index (χ4n) is 1.83. The molecule has 0 fully saturated rings. The molecular formula is C13H16N4O3. The SMILES string of the molecule is COCc1c(C(=O)OC)nnn1CCc1ccncc1. The standard InChI is InChI=1S/C13H16N4O3/c1-19-9-11-12(13(18)20-2)15-16-17(11)8-5-10-3-6-14-7-4-10/h3-4,6-7H,5,8-9H2,1-2H3. The minimum Gasteiger partial charge on any atom is -0.464 e. The van der Waals surface area contributed by atoms with Crippen LogP contribution in [-0.2, 0) is 29.0 Å². The molecule has 0 aliphatic carbocycles. The summed E-state index contributed by atoms with van der Waals surface area (Å²) in [5.74, 6) is -0.507. The highest BCUT2D eigenvalue weighted by Crippen LogP contribution is 2.10. The Bertz CT molecular complexity index is 568. The third-order valence-electron chi connectivity index (χ3n) is 2.86. The van der Waals surface area contributed by atoms with Gasteiger partial charge >= 0.3 is 5.97 Å². The Morgan fingerprint density at radius 3 is 2.70 bits per heavy atom. The highest BCUT2D eigenvalue weighted by molar-refractivity contribution is 5.88. The van der Waals surface area contributed by atoms with E-state index in [0.29, 0.717) is 12.2 Å². The monoisotopic (exact) mass is 276 g/mol. The molecular weight excluding hydrogens is 260 g/mol. The number of carbonyl (C=O) groups excluding carboxylic acids is 1. The second kappa shape index (κ2) is 6.76. The van der Waals surface area contributed by atoms with Gasteiger partial charge in [0.25, 0.3) is 0 Å². The Kier molecular flexibility index (Phi) is 4.78. The lowest BCUT2D eigenvalue weighted by Crippen LogP contribution is -2.12. The molecule has 2 aromatic rings. The molecule has 106 valence electrons. The molecule has 0 aliphatic rings. The molecule has 7 heteroatoms. The molecule has 2 rings (SSSR count). The minimum atomic E-state index is -0.507. The topological polar surface area (TPSA) is 79.1 Å². The van der Waals surface area contributed by atoms with Crippen LogP contribution in [0.3, 0.4) is 0 Å². The quantitative estimate of drug-likeness (QED) is 0.728. The van der Waals surface area contributed by atoms with Gasteiger partial charge in [0.2, 0.25) is 0 Å². The summed E-state index contributed by atoms with van der Waals surface area (Å²) >= 11 is 0. The van der Waals surface area contributed by atoms with Crippen LogP contribution in [0.2, 0.25) is 0 Å². The number of esters is 1. The van der Waals surface area contributed by atoms with Crippen molar-refractivity contribution in [3.63, 3.8) is 0 Å². The van der Waals surface area contributed by atoms with Gasteiger partial charge in [-0.2, -0.15) is 0 Å². The molecule has 0 N–H and O–H groups in total. The number of ether oxygens (including phenoxy) is 2. The molecule has 0 spiro atoms. The first kappa shape index (κ1) is 14.1. The summed E-state index contributed by atoms with van der Waals surface area (Å²) < 4.78 is 11.4. The van der Waals surface area contributed by atoms with Gasteiger partial charge < -0.3 is 9.47 Å². The minimum absolute atomic E-state index is 0.198. The van der Waals surface area contributed by atoms with E-state index in [0.717, 1.165) is 12.0 Å². The van der Waals surface area contributed by atoms with E-state index < -0.39 is 5.97 Å². The number of nitrogens with zero attached hydrogens (tertiary/aromatic N) is 4. The van der Waals surface area contributed by atoms with E-state index in [2.05, 4.69) is 20.0 Å². The van der Waals surface area contributed by atoms with E-state index in [9.17, 15) is 4.79 Å². The molecule has 0 saturated carbocycles. The van der Waals surface area contributed by atoms with Crippen LogP contribution < -0.4 is 0 Å². The van der Waals surface area contributed by atoms with Gasteiger partial charge in [-0.3, -0.25) is 4.98 Å². The summed E-state index contributed by atoms with van der Waals surface area (Å²) in [6.07, 6.45) is 4.25. The molecule has 0 aromatic carbocycles. The molecule has 20 heavy (non-hydrogen) atoms. The lowest BCUT2D eigenvalue weighted by molar-refractivity contribution is 0.0588. The Morgan fingerprint density at radius 2 is 2.05 bits per heavy atom. The zero-order chi connectivity index (χ0) is 14.4. The number of pyridine rings is 1. The highest BCUT2D eigenvalue weighted by atomic mass is 16.5. The van der Waals surface area contributed by atoms with Gasteiger partial charge in [-0.15, -0.1) is 5.10 Å². The highest BCUT2D eigenvalue weighted by Gasteiger charge is 2.19. The van der Waals surface area contributed by atoms with Crippen LogP contribution in [0.15, 0.2) is 24.5 Å². The second-order valence-electron chi connectivity index (χ2n) is 4.14. The lowest BCUT2D eigenvalue weighted by Gasteiger charge is -2.06. The average Bonchev–Trinajstić information content (AvgIpc) is 2.89. The first-order valence-corrected chi connectivity index (χ1v) is 6.14. The zero-order valence-corrected chi connectivity index (χ0v) is 11.4. The molecule has 0 saturated heterocycles.